The van der Waals surface area contributed by atoms with Crippen molar-refractivity contribution in [2.75, 3.05) is 34.3 Å². The van der Waals surface area contributed by atoms with Gasteiger partial charge in [-0.15, -0.1) is 0 Å². The quantitative estimate of drug-likeness (QED) is 0.400. The smallest absolute Gasteiger partial charge is 0.295 e. The third-order valence-electron chi connectivity index (χ3n) is 5.28. The maximum Gasteiger partial charge on any atom is 0.295 e. The summed E-state index contributed by atoms with van der Waals surface area (Å²) >= 11 is 0. The average Bonchev–Trinajstić information content (AvgIpc) is 2.98. The van der Waals surface area contributed by atoms with Gasteiger partial charge >= 0.3 is 0 Å². The molecular weight excluding hydrogens is 382 g/mol. The second kappa shape index (κ2) is 9.09. The van der Waals surface area contributed by atoms with Crippen LogP contribution in [0.5, 0.6) is 5.75 Å². The number of pyridine rings is 1. The zero-order valence-corrected chi connectivity index (χ0v) is 17.8. The molecule has 0 spiro atoms. The van der Waals surface area contributed by atoms with E-state index >= 15 is 0 Å². The van der Waals surface area contributed by atoms with E-state index in [9.17, 15) is 14.7 Å². The summed E-state index contributed by atoms with van der Waals surface area (Å²) in [4.78, 5) is 32.6. The van der Waals surface area contributed by atoms with Gasteiger partial charge in [-0.05, 0) is 47.9 Å². The number of carbonyl (C=O) groups excluding carboxylic acids is 2. The van der Waals surface area contributed by atoms with E-state index in [1.807, 2.05) is 21.0 Å². The predicted octanol–water partition coefficient (Wildman–Crippen LogP) is 0.157. The molecule has 1 aliphatic rings. The minimum absolute atomic E-state index is 0.00651. The molecule has 1 N–H and O–H groups in total. The van der Waals surface area contributed by atoms with Crippen molar-refractivity contribution in [3.63, 3.8) is 0 Å². The number of quaternary nitrogens is 1. The van der Waals surface area contributed by atoms with Gasteiger partial charge in [0.25, 0.3) is 5.91 Å². The number of ketones is 1. The maximum atomic E-state index is 13.4. The van der Waals surface area contributed by atoms with Crippen LogP contribution in [0, 0.1) is 6.92 Å². The number of amides is 1. The number of benzene rings is 1. The number of nitrogens with zero attached hydrogens (tertiary/aromatic N) is 2. The predicted molar refractivity (Wildman–Crippen MR) is 111 cm³/mol. The summed E-state index contributed by atoms with van der Waals surface area (Å²) in [5, 5.41) is 13.4. The molecule has 158 valence electrons. The summed E-state index contributed by atoms with van der Waals surface area (Å²) in [6.07, 6.45) is 3.93. The van der Waals surface area contributed by atoms with Gasteiger partial charge in [0.15, 0.2) is 0 Å². The van der Waals surface area contributed by atoms with Gasteiger partial charge in [0.05, 0.1) is 33.8 Å². The first-order chi connectivity index (χ1) is 14.3. The number of nitrogens with one attached hydrogen (secondary N) is 1. The Morgan fingerprint density at radius 2 is 1.90 bits per heavy atom. The summed E-state index contributed by atoms with van der Waals surface area (Å²) in [5.74, 6) is -1.13. The van der Waals surface area contributed by atoms with Gasteiger partial charge in [0.1, 0.15) is 5.75 Å². The number of hydrogen-bond donors (Lipinski definition) is 1. The Morgan fingerprint density at radius 1 is 1.20 bits per heavy atom. The van der Waals surface area contributed by atoms with E-state index in [0.717, 1.165) is 18.5 Å². The Balaban J connectivity index is 2.08. The van der Waals surface area contributed by atoms with Gasteiger partial charge in [0, 0.05) is 30.9 Å². The topological polar surface area (TPSA) is 87.0 Å². The highest BCUT2D eigenvalue weighted by Crippen LogP contribution is 2.38. The Kier molecular flexibility index (Phi) is 6.52. The van der Waals surface area contributed by atoms with E-state index in [-0.39, 0.29) is 5.57 Å². The van der Waals surface area contributed by atoms with Crippen LogP contribution in [0.25, 0.3) is 5.76 Å². The zero-order chi connectivity index (χ0) is 21.8. The first kappa shape index (κ1) is 21.5. The molecule has 7 heteroatoms. The Morgan fingerprint density at radius 3 is 2.50 bits per heavy atom. The van der Waals surface area contributed by atoms with Crippen LogP contribution in [-0.2, 0) is 9.59 Å². The Bertz CT molecular complexity index is 970. The molecule has 1 aromatic carbocycles. The SMILES string of the molecule is COc1ccc(/C([O-])=C2\C(=O)C(=O)N(CCC[NH+](C)C)C2c2ccncc2)cc1C. The summed E-state index contributed by atoms with van der Waals surface area (Å²) in [6, 6.07) is 7.79. The number of carbonyl (C=O) groups is 2. The molecule has 7 nitrogen and oxygen atoms in total. The first-order valence-corrected chi connectivity index (χ1v) is 9.95. The number of rotatable bonds is 7. The molecule has 30 heavy (non-hydrogen) atoms. The van der Waals surface area contributed by atoms with Crippen molar-refractivity contribution >= 4 is 17.4 Å². The van der Waals surface area contributed by atoms with Crippen molar-refractivity contribution in [1.82, 2.24) is 9.88 Å². The van der Waals surface area contributed by atoms with Crippen LogP contribution >= 0.6 is 0 Å². The molecule has 0 bridgehead atoms. The van der Waals surface area contributed by atoms with Crippen molar-refractivity contribution in [2.45, 2.75) is 19.4 Å². The number of aromatic nitrogens is 1. The highest BCUT2D eigenvalue weighted by molar-refractivity contribution is 6.46. The monoisotopic (exact) mass is 409 g/mol. The minimum atomic E-state index is -0.729. The lowest BCUT2D eigenvalue weighted by molar-refractivity contribution is -0.858. The fraction of sp³-hybridized carbons (Fsp3) is 0.348. The van der Waals surface area contributed by atoms with Crippen molar-refractivity contribution in [3.05, 3.63) is 65.0 Å². The molecule has 1 aromatic heterocycles. The van der Waals surface area contributed by atoms with Gasteiger partial charge in [-0.25, -0.2) is 0 Å². The van der Waals surface area contributed by atoms with E-state index in [2.05, 4.69) is 4.98 Å². The molecule has 3 rings (SSSR count). The summed E-state index contributed by atoms with van der Waals surface area (Å²) in [7, 11) is 5.62. The van der Waals surface area contributed by atoms with Crippen LogP contribution in [0.15, 0.2) is 48.3 Å². The van der Waals surface area contributed by atoms with Crippen molar-refractivity contribution < 1.29 is 24.3 Å². The van der Waals surface area contributed by atoms with Crippen molar-refractivity contribution in [2.24, 2.45) is 0 Å². The van der Waals surface area contributed by atoms with Crippen LogP contribution < -0.4 is 14.7 Å². The number of methoxy groups -OCH3 is 1. The normalized spacial score (nSPS) is 18.3. The fourth-order valence-corrected chi connectivity index (χ4v) is 3.77. The lowest BCUT2D eigenvalue weighted by atomic mass is 9.95. The third-order valence-corrected chi connectivity index (χ3v) is 5.28. The molecule has 1 amide bonds. The van der Waals surface area contributed by atoms with E-state index in [4.69, 9.17) is 4.74 Å². The first-order valence-electron chi connectivity index (χ1n) is 9.95. The average molecular weight is 409 g/mol. The molecule has 0 radical (unpaired) electrons. The Hall–Kier alpha value is -3.19. The van der Waals surface area contributed by atoms with Crippen LogP contribution in [0.2, 0.25) is 0 Å². The minimum Gasteiger partial charge on any atom is -0.872 e. The van der Waals surface area contributed by atoms with Crippen LogP contribution in [0.3, 0.4) is 0 Å². The zero-order valence-electron chi connectivity index (χ0n) is 17.8. The third kappa shape index (κ3) is 4.21. The second-order valence-electron chi connectivity index (χ2n) is 7.75. The summed E-state index contributed by atoms with van der Waals surface area (Å²) < 4.78 is 5.26. The molecular formula is C23H27N3O4. The van der Waals surface area contributed by atoms with Crippen LogP contribution in [0.4, 0.5) is 0 Å². The van der Waals surface area contributed by atoms with Crippen molar-refractivity contribution in [3.8, 4) is 5.75 Å². The molecule has 1 saturated heterocycles. The number of Topliss-reactive ketones (excluding diaryl/α,β-unsaturated/α-hetero) is 1. The summed E-state index contributed by atoms with van der Waals surface area (Å²) in [5.41, 5.74) is 1.85. The molecule has 2 heterocycles. The van der Waals surface area contributed by atoms with Gasteiger partial charge in [0.2, 0.25) is 5.78 Å². The maximum absolute atomic E-state index is 13.4. The number of ether oxygens (including phenoxy) is 1. The van der Waals surface area contributed by atoms with E-state index in [1.165, 1.54) is 9.80 Å². The lowest BCUT2D eigenvalue weighted by Crippen LogP contribution is -3.05. The molecule has 2 aromatic rings. The highest BCUT2D eigenvalue weighted by Gasteiger charge is 2.43. The molecule has 1 aliphatic heterocycles. The highest BCUT2D eigenvalue weighted by atomic mass is 16.5. The second-order valence-corrected chi connectivity index (χ2v) is 7.75. The standard InChI is InChI=1S/C23H27N3O4/c1-15-14-17(6-7-18(15)30-4)21(27)19-20(16-8-10-24-11-9-16)26(23(29)22(19)28)13-5-12-25(2)3/h6-11,14,20,27H,5,12-13H2,1-4H3/b21-19+. The van der Waals surface area contributed by atoms with Gasteiger partial charge in [-0.3, -0.25) is 14.6 Å². The van der Waals surface area contributed by atoms with Gasteiger partial charge in [-0.2, -0.15) is 0 Å². The largest absolute Gasteiger partial charge is 0.872 e. The summed E-state index contributed by atoms with van der Waals surface area (Å²) in [6.45, 7) is 3.08. The lowest BCUT2D eigenvalue weighted by Gasteiger charge is -2.27. The molecule has 1 fully saturated rings. The molecule has 1 atom stereocenters. The molecule has 0 saturated carbocycles. The van der Waals surface area contributed by atoms with Gasteiger partial charge in [-0.1, -0.05) is 11.8 Å². The van der Waals surface area contributed by atoms with E-state index < -0.39 is 23.5 Å². The molecule has 0 aliphatic carbocycles. The fourth-order valence-electron chi connectivity index (χ4n) is 3.77. The van der Waals surface area contributed by atoms with Crippen LogP contribution in [0.1, 0.15) is 29.2 Å². The number of likely N-dealkylation sites (tertiary alicyclic amines) is 1. The number of hydrogen-bond acceptors (Lipinski definition) is 5. The van der Waals surface area contributed by atoms with Crippen molar-refractivity contribution in [1.29, 1.82) is 0 Å². The van der Waals surface area contributed by atoms with E-state index in [0.29, 0.717) is 23.4 Å². The van der Waals surface area contributed by atoms with E-state index in [1.54, 1.807) is 49.8 Å². The Labute approximate surface area is 176 Å². The van der Waals surface area contributed by atoms with Gasteiger partial charge < -0.3 is 19.6 Å². The van der Waals surface area contributed by atoms with Crippen LogP contribution in [-0.4, -0.2) is 55.9 Å². The molecule has 1 unspecified atom stereocenters. The number of aryl methyl sites for hydroxylation is 1.